The highest BCUT2D eigenvalue weighted by atomic mass is 35.5. The first-order chi connectivity index (χ1) is 5.92. The van der Waals surface area contributed by atoms with Crippen molar-refractivity contribution in [3.8, 4) is 0 Å². The summed E-state index contributed by atoms with van der Waals surface area (Å²) < 4.78 is 3.18. The second-order valence-corrected chi connectivity index (χ2v) is 4.77. The zero-order valence-corrected chi connectivity index (χ0v) is 9.92. The van der Waals surface area contributed by atoms with E-state index in [-0.39, 0.29) is 0 Å². The quantitative estimate of drug-likeness (QED) is 0.424. The van der Waals surface area contributed by atoms with Crippen LogP contribution in [0.15, 0.2) is 0 Å². The van der Waals surface area contributed by atoms with Gasteiger partial charge in [0.15, 0.2) is 0 Å². The normalized spacial score (nSPS) is 13.9. The number of rotatable bonds is 5. The summed E-state index contributed by atoms with van der Waals surface area (Å²) in [5.41, 5.74) is 0. The summed E-state index contributed by atoms with van der Waals surface area (Å²) in [5.74, 6) is -0.674. The van der Waals surface area contributed by atoms with Crippen molar-refractivity contribution < 1.29 is 9.53 Å². The average Bonchev–Trinajstić information content (AvgIpc) is 2.04. The highest BCUT2D eigenvalue weighted by molar-refractivity contribution is 6.60. The molecule has 0 heterocycles. The molecule has 0 aromatic heterocycles. The molecule has 1 unspecified atom stereocenters. The Balaban J connectivity index is 3.95. The zero-order valence-electron chi connectivity index (χ0n) is 7.65. The molecule has 0 aromatic carbocycles. The largest absolute Gasteiger partial charge is 0.463 e. The number of hydrogen-bond acceptors (Lipinski definition) is 2. The predicted molar refractivity (Wildman–Crippen MR) is 55.6 cm³/mol. The molecule has 0 spiro atoms. The van der Waals surface area contributed by atoms with E-state index in [2.05, 4.69) is 0 Å². The first-order valence-electron chi connectivity index (χ1n) is 4.12. The maximum absolute atomic E-state index is 11.2. The van der Waals surface area contributed by atoms with E-state index in [9.17, 15) is 4.79 Å². The molecule has 78 valence electrons. The summed E-state index contributed by atoms with van der Waals surface area (Å²) in [5, 5.41) is -0.676. The smallest absolute Gasteiger partial charge is 0.344 e. The molecular formula is C8H13Cl3O2. The molecule has 0 rings (SSSR count). The Bertz CT molecular complexity index is 169. The summed E-state index contributed by atoms with van der Waals surface area (Å²) in [6.45, 7) is 3.87. The van der Waals surface area contributed by atoms with Crippen LogP contribution >= 0.6 is 34.8 Å². The van der Waals surface area contributed by atoms with Crippen molar-refractivity contribution in [2.75, 3.05) is 6.61 Å². The molecule has 2 nitrogen and oxygen atoms in total. The van der Waals surface area contributed by atoms with Crippen LogP contribution in [0.4, 0.5) is 0 Å². The molecule has 0 saturated heterocycles. The third-order valence-electron chi connectivity index (χ3n) is 1.50. The second kappa shape index (κ2) is 5.94. The van der Waals surface area contributed by atoms with E-state index in [1.165, 1.54) is 0 Å². The van der Waals surface area contributed by atoms with E-state index in [1.807, 2.05) is 6.92 Å². The topological polar surface area (TPSA) is 26.3 Å². The fraction of sp³-hybridized carbons (Fsp3) is 0.875. The van der Waals surface area contributed by atoms with Gasteiger partial charge in [0.2, 0.25) is 4.33 Å². The molecular weight excluding hydrogens is 234 g/mol. The molecule has 0 aliphatic rings. The molecule has 1 atom stereocenters. The van der Waals surface area contributed by atoms with Crippen LogP contribution in [0.25, 0.3) is 0 Å². The van der Waals surface area contributed by atoms with Crippen molar-refractivity contribution >= 4 is 40.8 Å². The van der Waals surface area contributed by atoms with Crippen LogP contribution in [0.1, 0.15) is 26.7 Å². The summed E-state index contributed by atoms with van der Waals surface area (Å²) in [6, 6.07) is 0. The minimum atomic E-state index is -1.64. The maximum Gasteiger partial charge on any atom is 0.344 e. The Hall–Kier alpha value is 0.340. The van der Waals surface area contributed by atoms with Gasteiger partial charge < -0.3 is 4.74 Å². The van der Waals surface area contributed by atoms with E-state index in [0.29, 0.717) is 6.61 Å². The van der Waals surface area contributed by atoms with Crippen LogP contribution in [0.5, 0.6) is 0 Å². The number of alkyl halides is 3. The first-order valence-corrected chi connectivity index (χ1v) is 5.31. The number of ether oxygens (including phenoxy) is 1. The molecule has 0 radical (unpaired) electrons. The summed E-state index contributed by atoms with van der Waals surface area (Å²) in [4.78, 5) is 11.2. The van der Waals surface area contributed by atoms with E-state index < -0.39 is 15.7 Å². The van der Waals surface area contributed by atoms with Crippen molar-refractivity contribution in [1.29, 1.82) is 0 Å². The lowest BCUT2D eigenvalue weighted by atomic mass is 10.3. The third kappa shape index (κ3) is 4.39. The van der Waals surface area contributed by atoms with Gasteiger partial charge in [-0.1, -0.05) is 36.5 Å². The van der Waals surface area contributed by atoms with Gasteiger partial charge in [0.05, 0.1) is 12.0 Å². The van der Waals surface area contributed by atoms with Crippen molar-refractivity contribution in [1.82, 2.24) is 0 Å². The molecule has 0 bridgehead atoms. The molecule has 0 N–H and O–H groups in total. The number of hydrogen-bond donors (Lipinski definition) is 0. The number of unbranched alkanes of at least 4 members (excludes halogenated alkanes) is 1. The van der Waals surface area contributed by atoms with Gasteiger partial charge in [-0.05, 0) is 13.3 Å². The van der Waals surface area contributed by atoms with Gasteiger partial charge in [0, 0.05) is 0 Å². The molecule has 0 aromatic rings. The Morgan fingerprint density at radius 1 is 1.54 bits per heavy atom. The van der Waals surface area contributed by atoms with Gasteiger partial charge in [-0.3, -0.25) is 0 Å². The first kappa shape index (κ1) is 13.3. The lowest BCUT2D eigenvalue weighted by molar-refractivity contribution is -0.144. The van der Waals surface area contributed by atoms with Gasteiger partial charge in [-0.15, -0.1) is 11.6 Å². The Labute approximate surface area is 93.5 Å². The molecule has 0 fully saturated rings. The van der Waals surface area contributed by atoms with Crippen LogP contribution in [0.3, 0.4) is 0 Å². The standard InChI is InChI=1S/C8H13Cl3O2/c1-3-4-5-13-7(12)8(10,11)6(2)9/h6H,3-5H2,1-2H3. The fourth-order valence-corrected chi connectivity index (χ4v) is 0.766. The van der Waals surface area contributed by atoms with E-state index >= 15 is 0 Å². The second-order valence-electron chi connectivity index (χ2n) is 2.73. The van der Waals surface area contributed by atoms with E-state index in [1.54, 1.807) is 6.92 Å². The lowest BCUT2D eigenvalue weighted by Crippen LogP contribution is -2.36. The monoisotopic (exact) mass is 246 g/mol. The van der Waals surface area contributed by atoms with E-state index in [4.69, 9.17) is 39.5 Å². The summed E-state index contributed by atoms with van der Waals surface area (Å²) >= 11 is 16.9. The molecule has 0 aliphatic carbocycles. The molecule has 0 amide bonds. The van der Waals surface area contributed by atoms with Gasteiger partial charge in [-0.2, -0.15) is 0 Å². The van der Waals surface area contributed by atoms with Gasteiger partial charge in [0.1, 0.15) is 0 Å². The Morgan fingerprint density at radius 2 is 2.08 bits per heavy atom. The number of esters is 1. The maximum atomic E-state index is 11.2. The van der Waals surface area contributed by atoms with Crippen LogP contribution in [-0.4, -0.2) is 22.3 Å². The van der Waals surface area contributed by atoms with Crippen LogP contribution in [0, 0.1) is 0 Å². The fourth-order valence-electron chi connectivity index (χ4n) is 0.568. The van der Waals surface area contributed by atoms with Crippen molar-refractivity contribution in [2.24, 2.45) is 0 Å². The molecule has 0 saturated carbocycles. The van der Waals surface area contributed by atoms with Gasteiger partial charge in [0.25, 0.3) is 0 Å². The average molecular weight is 248 g/mol. The molecule has 5 heteroatoms. The van der Waals surface area contributed by atoms with Crippen LogP contribution in [0.2, 0.25) is 0 Å². The van der Waals surface area contributed by atoms with Crippen molar-refractivity contribution in [2.45, 2.75) is 36.4 Å². The Morgan fingerprint density at radius 3 is 2.46 bits per heavy atom. The van der Waals surface area contributed by atoms with Gasteiger partial charge in [-0.25, -0.2) is 4.79 Å². The summed E-state index contributed by atoms with van der Waals surface area (Å²) in [7, 11) is 0. The lowest BCUT2D eigenvalue weighted by Gasteiger charge is -2.19. The molecule has 0 aliphatic heterocycles. The highest BCUT2D eigenvalue weighted by Gasteiger charge is 2.40. The van der Waals surface area contributed by atoms with Gasteiger partial charge >= 0.3 is 5.97 Å². The van der Waals surface area contributed by atoms with Crippen LogP contribution < -0.4 is 0 Å². The highest BCUT2D eigenvalue weighted by Crippen LogP contribution is 2.30. The number of carbonyl (C=O) groups is 1. The van der Waals surface area contributed by atoms with Crippen molar-refractivity contribution in [3.63, 3.8) is 0 Å². The Kier molecular flexibility index (Phi) is 6.10. The zero-order chi connectivity index (χ0) is 10.5. The van der Waals surface area contributed by atoms with E-state index in [0.717, 1.165) is 12.8 Å². The minimum Gasteiger partial charge on any atom is -0.463 e. The summed E-state index contributed by atoms with van der Waals surface area (Å²) in [6.07, 6.45) is 1.74. The SMILES string of the molecule is CCCCOC(=O)C(Cl)(Cl)C(C)Cl. The third-order valence-corrected chi connectivity index (χ3v) is 3.02. The van der Waals surface area contributed by atoms with Crippen LogP contribution in [-0.2, 0) is 9.53 Å². The number of halogens is 3. The predicted octanol–water partition coefficient (Wildman–Crippen LogP) is 3.13. The minimum absolute atomic E-state index is 0.333. The molecule has 13 heavy (non-hydrogen) atoms. The van der Waals surface area contributed by atoms with Crippen molar-refractivity contribution in [3.05, 3.63) is 0 Å². The number of carbonyl (C=O) groups excluding carboxylic acids is 1.